The van der Waals surface area contributed by atoms with Gasteiger partial charge in [0.15, 0.2) is 5.82 Å². The van der Waals surface area contributed by atoms with Crippen LogP contribution in [0.1, 0.15) is 24.8 Å². The Hall–Kier alpha value is -2.63. The molecular formula is C17H19N3O3. The molecule has 1 aliphatic carbocycles. The fourth-order valence-electron chi connectivity index (χ4n) is 2.88. The van der Waals surface area contributed by atoms with Crippen LogP contribution in [0.25, 0.3) is 0 Å². The van der Waals surface area contributed by atoms with E-state index in [1.807, 2.05) is 18.2 Å². The molecule has 0 amide bonds. The Morgan fingerprint density at radius 2 is 2.04 bits per heavy atom. The van der Waals surface area contributed by atoms with Gasteiger partial charge in [-0.05, 0) is 30.2 Å². The van der Waals surface area contributed by atoms with Crippen LogP contribution in [0.2, 0.25) is 0 Å². The van der Waals surface area contributed by atoms with Gasteiger partial charge in [0.05, 0.1) is 0 Å². The SMILES string of the molecule is O=C(O)Cn1ccnc(NCCC2(c3ccccc3)CC2)c1=O. The number of hydrogen-bond donors (Lipinski definition) is 2. The van der Waals surface area contributed by atoms with Crippen LogP contribution in [0, 0.1) is 0 Å². The molecule has 0 unspecified atom stereocenters. The molecule has 2 N–H and O–H groups in total. The fourth-order valence-corrected chi connectivity index (χ4v) is 2.88. The van der Waals surface area contributed by atoms with Crippen LogP contribution in [-0.4, -0.2) is 27.2 Å². The Kier molecular flexibility index (Phi) is 4.14. The first kappa shape index (κ1) is 15.3. The van der Waals surface area contributed by atoms with Crippen LogP contribution < -0.4 is 10.9 Å². The number of aliphatic carboxylic acids is 1. The molecule has 0 saturated heterocycles. The summed E-state index contributed by atoms with van der Waals surface area (Å²) >= 11 is 0. The van der Waals surface area contributed by atoms with E-state index >= 15 is 0 Å². The van der Waals surface area contributed by atoms with Gasteiger partial charge in [0.1, 0.15) is 6.54 Å². The van der Waals surface area contributed by atoms with Crippen LogP contribution >= 0.6 is 0 Å². The minimum absolute atomic E-state index is 0.206. The molecule has 2 aromatic rings. The van der Waals surface area contributed by atoms with Crippen molar-refractivity contribution in [2.24, 2.45) is 0 Å². The van der Waals surface area contributed by atoms with Gasteiger partial charge >= 0.3 is 5.97 Å². The second kappa shape index (κ2) is 6.24. The highest BCUT2D eigenvalue weighted by Gasteiger charge is 2.43. The minimum Gasteiger partial charge on any atom is -0.480 e. The molecule has 3 rings (SSSR count). The number of benzene rings is 1. The van der Waals surface area contributed by atoms with Crippen molar-refractivity contribution in [2.75, 3.05) is 11.9 Å². The Bertz CT molecular complexity index is 751. The summed E-state index contributed by atoms with van der Waals surface area (Å²) in [7, 11) is 0. The van der Waals surface area contributed by atoms with Crippen LogP contribution in [0.5, 0.6) is 0 Å². The van der Waals surface area contributed by atoms with Gasteiger partial charge in [0, 0.05) is 18.9 Å². The molecule has 6 heteroatoms. The van der Waals surface area contributed by atoms with Crippen molar-refractivity contribution in [1.29, 1.82) is 0 Å². The van der Waals surface area contributed by atoms with Gasteiger partial charge in [-0.15, -0.1) is 0 Å². The van der Waals surface area contributed by atoms with Crippen LogP contribution in [0.15, 0.2) is 47.5 Å². The average molecular weight is 313 g/mol. The summed E-state index contributed by atoms with van der Waals surface area (Å²) in [4.78, 5) is 26.9. The standard InChI is InChI=1S/C17H19N3O3/c21-14(22)12-20-11-10-19-15(16(20)23)18-9-8-17(6-7-17)13-4-2-1-3-5-13/h1-5,10-11H,6-9,12H2,(H,18,19)(H,21,22). The molecular weight excluding hydrogens is 294 g/mol. The van der Waals surface area contributed by atoms with Crippen molar-refractivity contribution < 1.29 is 9.90 Å². The van der Waals surface area contributed by atoms with Crippen molar-refractivity contribution in [3.05, 3.63) is 58.6 Å². The lowest BCUT2D eigenvalue weighted by atomic mass is 9.92. The lowest BCUT2D eigenvalue weighted by molar-refractivity contribution is -0.137. The lowest BCUT2D eigenvalue weighted by Gasteiger charge is -2.16. The van der Waals surface area contributed by atoms with Gasteiger partial charge in [-0.2, -0.15) is 0 Å². The highest BCUT2D eigenvalue weighted by atomic mass is 16.4. The number of nitrogens with zero attached hydrogens (tertiary/aromatic N) is 2. The zero-order valence-electron chi connectivity index (χ0n) is 12.7. The zero-order chi connectivity index (χ0) is 16.3. The van der Waals surface area contributed by atoms with Gasteiger partial charge in [0.25, 0.3) is 5.56 Å². The van der Waals surface area contributed by atoms with Crippen LogP contribution in [-0.2, 0) is 16.8 Å². The zero-order valence-corrected chi connectivity index (χ0v) is 12.7. The molecule has 1 aromatic heterocycles. The molecule has 1 aliphatic rings. The molecule has 0 spiro atoms. The summed E-state index contributed by atoms with van der Waals surface area (Å²) in [6, 6.07) is 10.4. The third-order valence-corrected chi connectivity index (χ3v) is 4.36. The second-order valence-corrected chi connectivity index (χ2v) is 5.93. The van der Waals surface area contributed by atoms with Crippen LogP contribution in [0.4, 0.5) is 5.82 Å². The maximum Gasteiger partial charge on any atom is 0.323 e. The van der Waals surface area contributed by atoms with Crippen LogP contribution in [0.3, 0.4) is 0 Å². The van der Waals surface area contributed by atoms with Gasteiger partial charge in [0.2, 0.25) is 0 Å². The Morgan fingerprint density at radius 3 is 2.70 bits per heavy atom. The fraction of sp³-hybridized carbons (Fsp3) is 0.353. The minimum atomic E-state index is -1.05. The summed E-state index contributed by atoms with van der Waals surface area (Å²) in [6.07, 6.45) is 6.06. The smallest absolute Gasteiger partial charge is 0.323 e. The van der Waals surface area contributed by atoms with Crippen molar-refractivity contribution in [1.82, 2.24) is 9.55 Å². The lowest BCUT2D eigenvalue weighted by Crippen LogP contribution is -2.28. The van der Waals surface area contributed by atoms with Crippen molar-refractivity contribution in [3.63, 3.8) is 0 Å². The maximum atomic E-state index is 12.1. The summed E-state index contributed by atoms with van der Waals surface area (Å²) in [6.45, 7) is 0.276. The van der Waals surface area contributed by atoms with Gasteiger partial charge in [-0.3, -0.25) is 14.2 Å². The number of hydrogen-bond acceptors (Lipinski definition) is 4. The van der Waals surface area contributed by atoms with E-state index in [1.54, 1.807) is 0 Å². The molecule has 0 radical (unpaired) electrons. The largest absolute Gasteiger partial charge is 0.480 e. The molecule has 1 fully saturated rings. The third kappa shape index (κ3) is 3.41. The van der Waals surface area contributed by atoms with E-state index in [9.17, 15) is 9.59 Å². The van der Waals surface area contributed by atoms with E-state index in [2.05, 4.69) is 22.4 Å². The number of anilines is 1. The van der Waals surface area contributed by atoms with Gasteiger partial charge < -0.3 is 10.4 Å². The molecule has 120 valence electrons. The quantitative estimate of drug-likeness (QED) is 0.815. The molecule has 1 heterocycles. The number of carboxylic acids is 1. The molecule has 6 nitrogen and oxygen atoms in total. The molecule has 1 saturated carbocycles. The number of rotatable bonds is 7. The number of carbonyl (C=O) groups is 1. The van der Waals surface area contributed by atoms with E-state index in [-0.39, 0.29) is 17.8 Å². The molecule has 1 aromatic carbocycles. The normalized spacial score (nSPS) is 15.1. The summed E-state index contributed by atoms with van der Waals surface area (Å²) < 4.78 is 1.14. The maximum absolute atomic E-state index is 12.1. The van der Waals surface area contributed by atoms with E-state index in [1.165, 1.54) is 18.0 Å². The van der Waals surface area contributed by atoms with E-state index in [0.29, 0.717) is 6.54 Å². The summed E-state index contributed by atoms with van der Waals surface area (Å²) in [5.41, 5.74) is 1.15. The average Bonchev–Trinajstić information content (AvgIpc) is 3.32. The molecule has 0 atom stereocenters. The highest BCUT2D eigenvalue weighted by molar-refractivity contribution is 5.66. The third-order valence-electron chi connectivity index (χ3n) is 4.36. The summed E-state index contributed by atoms with van der Waals surface area (Å²) in [5.74, 6) is -0.845. The first-order valence-corrected chi connectivity index (χ1v) is 7.67. The Balaban J connectivity index is 1.64. The van der Waals surface area contributed by atoms with E-state index in [4.69, 9.17) is 5.11 Å². The summed E-state index contributed by atoms with van der Waals surface area (Å²) in [5, 5.41) is 11.9. The topological polar surface area (TPSA) is 84.2 Å². The molecule has 0 bridgehead atoms. The van der Waals surface area contributed by atoms with Gasteiger partial charge in [-0.1, -0.05) is 30.3 Å². The monoisotopic (exact) mass is 313 g/mol. The molecule has 23 heavy (non-hydrogen) atoms. The predicted octanol–water partition coefficient (Wildman–Crippen LogP) is 1.86. The highest BCUT2D eigenvalue weighted by Crippen LogP contribution is 2.50. The Labute approximate surface area is 133 Å². The van der Waals surface area contributed by atoms with Crippen molar-refractivity contribution in [3.8, 4) is 0 Å². The second-order valence-electron chi connectivity index (χ2n) is 5.93. The first-order valence-electron chi connectivity index (χ1n) is 7.67. The first-order chi connectivity index (χ1) is 11.1. The van der Waals surface area contributed by atoms with Gasteiger partial charge in [-0.25, -0.2) is 4.98 Å². The molecule has 0 aliphatic heterocycles. The van der Waals surface area contributed by atoms with Crippen molar-refractivity contribution in [2.45, 2.75) is 31.2 Å². The van der Waals surface area contributed by atoms with E-state index < -0.39 is 11.5 Å². The Morgan fingerprint density at radius 1 is 1.30 bits per heavy atom. The predicted molar refractivity (Wildman–Crippen MR) is 86.6 cm³/mol. The number of carboxylic acid groups (broad SMARTS) is 1. The van der Waals surface area contributed by atoms with E-state index in [0.717, 1.165) is 23.8 Å². The van der Waals surface area contributed by atoms with Crippen molar-refractivity contribution >= 4 is 11.8 Å². The number of aromatic nitrogens is 2. The number of nitrogens with one attached hydrogen (secondary N) is 1.